The molecule has 112 valence electrons. The second kappa shape index (κ2) is 5.16. The molecule has 1 aliphatic rings. The first-order chi connectivity index (χ1) is 9.33. The summed E-state index contributed by atoms with van der Waals surface area (Å²) in [5.74, 6) is -0.207. The minimum atomic E-state index is -4.49. The van der Waals surface area contributed by atoms with Gasteiger partial charge in [0.1, 0.15) is 5.56 Å². The van der Waals surface area contributed by atoms with Crippen molar-refractivity contribution in [1.29, 1.82) is 0 Å². The molecule has 1 aromatic carbocycles. The summed E-state index contributed by atoms with van der Waals surface area (Å²) in [6.07, 6.45) is -1.10. The van der Waals surface area contributed by atoms with Crippen LogP contribution in [-0.4, -0.2) is 14.2 Å². The Morgan fingerprint density at radius 3 is 2.05 bits per heavy atom. The first-order valence-electron chi connectivity index (χ1n) is 6.45. The Labute approximate surface area is 115 Å². The van der Waals surface area contributed by atoms with Crippen molar-refractivity contribution in [3.8, 4) is 11.5 Å². The molecular weight excluding hydrogens is 271 g/mol. The van der Waals surface area contributed by atoms with Crippen molar-refractivity contribution < 1.29 is 22.6 Å². The smallest absolute Gasteiger partial charge is 0.420 e. The van der Waals surface area contributed by atoms with E-state index >= 15 is 0 Å². The Bertz CT molecular complexity index is 494. The topological polar surface area (TPSA) is 44.5 Å². The van der Waals surface area contributed by atoms with Crippen LogP contribution in [0.5, 0.6) is 11.5 Å². The molecule has 0 bridgehead atoms. The van der Waals surface area contributed by atoms with E-state index in [0.29, 0.717) is 5.56 Å². The number of rotatable bonds is 3. The lowest BCUT2D eigenvalue weighted by Gasteiger charge is -2.28. The molecular formula is C14H18F3NO2. The van der Waals surface area contributed by atoms with Gasteiger partial charge in [-0.2, -0.15) is 13.2 Å². The van der Waals surface area contributed by atoms with E-state index < -0.39 is 17.3 Å². The summed E-state index contributed by atoms with van der Waals surface area (Å²) in [5, 5.41) is 0. The zero-order chi connectivity index (χ0) is 15.0. The second-order valence-electron chi connectivity index (χ2n) is 5.09. The number of nitrogens with two attached hydrogens (primary N) is 1. The van der Waals surface area contributed by atoms with Crippen molar-refractivity contribution in [1.82, 2.24) is 0 Å². The lowest BCUT2D eigenvalue weighted by atomic mass is 9.87. The minimum Gasteiger partial charge on any atom is -0.492 e. The number of ether oxygens (including phenoxy) is 2. The molecule has 0 radical (unpaired) electrons. The van der Waals surface area contributed by atoms with Gasteiger partial charge in [0.2, 0.25) is 0 Å². The molecule has 0 heterocycles. The summed E-state index contributed by atoms with van der Waals surface area (Å²) in [4.78, 5) is 0. The average Bonchev–Trinajstić information content (AvgIpc) is 2.83. The van der Waals surface area contributed by atoms with Crippen molar-refractivity contribution >= 4 is 0 Å². The van der Waals surface area contributed by atoms with Crippen LogP contribution >= 0.6 is 0 Å². The highest BCUT2D eigenvalue weighted by Crippen LogP contribution is 2.48. The maximum atomic E-state index is 13.0. The van der Waals surface area contributed by atoms with Gasteiger partial charge >= 0.3 is 6.18 Å². The van der Waals surface area contributed by atoms with E-state index in [1.165, 1.54) is 20.3 Å². The van der Waals surface area contributed by atoms with Gasteiger partial charge in [-0.1, -0.05) is 18.9 Å². The molecule has 0 unspecified atom stereocenters. The summed E-state index contributed by atoms with van der Waals surface area (Å²) < 4.78 is 49.1. The molecule has 0 atom stereocenters. The van der Waals surface area contributed by atoms with Gasteiger partial charge in [-0.25, -0.2) is 0 Å². The third-order valence-electron chi connectivity index (χ3n) is 3.86. The Morgan fingerprint density at radius 2 is 1.60 bits per heavy atom. The van der Waals surface area contributed by atoms with E-state index in [0.717, 1.165) is 31.7 Å². The van der Waals surface area contributed by atoms with Gasteiger partial charge in [0.15, 0.2) is 11.5 Å². The van der Waals surface area contributed by atoms with E-state index in [-0.39, 0.29) is 11.5 Å². The monoisotopic (exact) mass is 289 g/mol. The van der Waals surface area contributed by atoms with Gasteiger partial charge in [-0.15, -0.1) is 0 Å². The van der Waals surface area contributed by atoms with Crippen LogP contribution < -0.4 is 15.2 Å². The van der Waals surface area contributed by atoms with E-state index in [9.17, 15) is 13.2 Å². The normalized spacial score (nSPS) is 18.1. The van der Waals surface area contributed by atoms with Crippen molar-refractivity contribution in [2.45, 2.75) is 37.4 Å². The molecule has 2 N–H and O–H groups in total. The van der Waals surface area contributed by atoms with Gasteiger partial charge in [-0.05, 0) is 18.9 Å². The van der Waals surface area contributed by atoms with Crippen LogP contribution in [0.25, 0.3) is 0 Å². The predicted octanol–water partition coefficient (Wildman–Crippen LogP) is 3.45. The number of methoxy groups -OCH3 is 2. The number of halogens is 3. The van der Waals surface area contributed by atoms with E-state index in [2.05, 4.69) is 0 Å². The Hall–Kier alpha value is -1.43. The summed E-state index contributed by atoms with van der Waals surface area (Å²) in [6.45, 7) is 0. The van der Waals surface area contributed by atoms with Crippen LogP contribution in [-0.2, 0) is 11.7 Å². The highest BCUT2D eigenvalue weighted by atomic mass is 19.4. The summed E-state index contributed by atoms with van der Waals surface area (Å²) >= 11 is 0. The number of benzene rings is 1. The highest BCUT2D eigenvalue weighted by molar-refractivity contribution is 5.55. The lowest BCUT2D eigenvalue weighted by molar-refractivity contribution is -0.138. The molecule has 3 nitrogen and oxygen atoms in total. The zero-order valence-electron chi connectivity index (χ0n) is 11.5. The summed E-state index contributed by atoms with van der Waals surface area (Å²) in [5.41, 5.74) is 5.43. The number of hydrogen-bond acceptors (Lipinski definition) is 3. The number of hydrogen-bond donors (Lipinski definition) is 1. The van der Waals surface area contributed by atoms with Crippen LogP contribution in [0.1, 0.15) is 36.8 Å². The van der Waals surface area contributed by atoms with Crippen LogP contribution in [0.2, 0.25) is 0 Å². The highest BCUT2D eigenvalue weighted by Gasteiger charge is 2.40. The molecule has 1 fully saturated rings. The largest absolute Gasteiger partial charge is 0.492 e. The third kappa shape index (κ3) is 2.44. The fraction of sp³-hybridized carbons (Fsp3) is 0.571. The van der Waals surface area contributed by atoms with Gasteiger partial charge < -0.3 is 15.2 Å². The predicted molar refractivity (Wildman–Crippen MR) is 68.9 cm³/mol. The van der Waals surface area contributed by atoms with Gasteiger partial charge in [0.25, 0.3) is 0 Å². The number of alkyl halides is 3. The van der Waals surface area contributed by atoms with Crippen LogP contribution in [0.15, 0.2) is 12.1 Å². The van der Waals surface area contributed by atoms with Crippen molar-refractivity contribution in [3.05, 3.63) is 23.3 Å². The fourth-order valence-corrected chi connectivity index (χ4v) is 2.86. The third-order valence-corrected chi connectivity index (χ3v) is 3.86. The first kappa shape index (κ1) is 15.0. The summed E-state index contributed by atoms with van der Waals surface area (Å²) in [6, 6.07) is 2.43. The molecule has 0 saturated heterocycles. The van der Waals surface area contributed by atoms with Crippen molar-refractivity contribution in [3.63, 3.8) is 0 Å². The first-order valence-corrected chi connectivity index (χ1v) is 6.45. The molecule has 1 aliphatic carbocycles. The molecule has 0 aliphatic heterocycles. The molecule has 20 heavy (non-hydrogen) atoms. The van der Waals surface area contributed by atoms with Crippen molar-refractivity contribution in [2.75, 3.05) is 14.2 Å². The average molecular weight is 289 g/mol. The second-order valence-corrected chi connectivity index (χ2v) is 5.09. The van der Waals surface area contributed by atoms with Gasteiger partial charge in [0.05, 0.1) is 14.2 Å². The van der Waals surface area contributed by atoms with Crippen molar-refractivity contribution in [2.24, 2.45) is 5.73 Å². The summed E-state index contributed by atoms with van der Waals surface area (Å²) in [7, 11) is 2.54. The van der Waals surface area contributed by atoms with E-state index in [1.54, 1.807) is 0 Å². The maximum absolute atomic E-state index is 13.0. The molecule has 0 spiro atoms. The van der Waals surface area contributed by atoms with Gasteiger partial charge in [0, 0.05) is 11.1 Å². The molecule has 1 saturated carbocycles. The van der Waals surface area contributed by atoms with Crippen LogP contribution in [0.3, 0.4) is 0 Å². The molecule has 1 aromatic rings. The molecule has 6 heteroatoms. The quantitative estimate of drug-likeness (QED) is 0.927. The SMILES string of the molecule is COc1c(C(F)(F)F)ccc(C2(N)CCCC2)c1OC. The van der Waals surface area contributed by atoms with E-state index in [1.807, 2.05) is 0 Å². The Balaban J connectivity index is 2.61. The minimum absolute atomic E-state index is 0.0896. The standard InChI is InChI=1S/C14H18F3NO2/c1-19-11-9(13(18)7-3-4-8-13)5-6-10(12(11)20-2)14(15,16)17/h5-6H,3-4,7-8,18H2,1-2H3. The van der Waals surface area contributed by atoms with Crippen LogP contribution in [0.4, 0.5) is 13.2 Å². The molecule has 0 aromatic heterocycles. The fourth-order valence-electron chi connectivity index (χ4n) is 2.86. The lowest BCUT2D eigenvalue weighted by Crippen LogP contribution is -2.33. The zero-order valence-corrected chi connectivity index (χ0v) is 11.5. The van der Waals surface area contributed by atoms with Crippen LogP contribution in [0, 0.1) is 0 Å². The Kier molecular flexibility index (Phi) is 3.86. The molecule has 2 rings (SSSR count). The maximum Gasteiger partial charge on any atom is 0.420 e. The van der Waals surface area contributed by atoms with E-state index in [4.69, 9.17) is 15.2 Å². The Morgan fingerprint density at radius 1 is 1.05 bits per heavy atom. The molecule has 0 amide bonds. The van der Waals surface area contributed by atoms with Gasteiger partial charge in [-0.3, -0.25) is 0 Å².